The first-order valence-corrected chi connectivity index (χ1v) is 12.1. The van der Waals surface area contributed by atoms with E-state index in [1.807, 2.05) is 0 Å². The number of hydrogen-bond acceptors (Lipinski definition) is 4. The summed E-state index contributed by atoms with van der Waals surface area (Å²) < 4.78 is 26.1. The molecule has 0 bridgehead atoms. The van der Waals surface area contributed by atoms with Crippen LogP contribution in [0.15, 0.2) is 30.3 Å². The summed E-state index contributed by atoms with van der Waals surface area (Å²) in [5.74, 6) is -0.739. The molecule has 5 nitrogen and oxygen atoms in total. The summed E-state index contributed by atoms with van der Waals surface area (Å²) in [6.07, 6.45) is 0. The molecule has 2 rings (SSSR count). The van der Waals surface area contributed by atoms with E-state index in [1.54, 1.807) is 29.8 Å². The van der Waals surface area contributed by atoms with Crippen molar-refractivity contribution in [2.75, 3.05) is 13.2 Å². The molecule has 0 radical (unpaired) electrons. The molecule has 0 aliphatic heterocycles. The van der Waals surface area contributed by atoms with Gasteiger partial charge in [-0.2, -0.15) is 5.10 Å². The van der Waals surface area contributed by atoms with E-state index >= 15 is 0 Å². The van der Waals surface area contributed by atoms with Crippen molar-refractivity contribution in [2.24, 2.45) is 0 Å². The Morgan fingerprint density at radius 3 is 2.41 bits per heavy atom. The van der Waals surface area contributed by atoms with E-state index in [1.165, 1.54) is 12.1 Å². The predicted octanol–water partition coefficient (Wildman–Crippen LogP) is 4.89. The van der Waals surface area contributed by atoms with Gasteiger partial charge in [0.2, 0.25) is 0 Å². The van der Waals surface area contributed by atoms with Gasteiger partial charge in [0.15, 0.2) is 8.32 Å². The zero-order valence-electron chi connectivity index (χ0n) is 17.0. The fourth-order valence-electron chi connectivity index (χ4n) is 2.32. The Morgan fingerprint density at radius 1 is 1.22 bits per heavy atom. The Kier molecular flexibility index (Phi) is 6.59. The number of ether oxygens (including phenoxy) is 1. The second-order valence-electron chi connectivity index (χ2n) is 7.97. The number of halogens is 1. The second kappa shape index (κ2) is 8.35. The first-order chi connectivity index (χ1) is 12.5. The molecule has 0 N–H and O–H groups in total. The molecule has 1 heterocycles. The fourth-order valence-corrected chi connectivity index (χ4v) is 3.36. The molecule has 0 saturated heterocycles. The number of hydrogen-bond donors (Lipinski definition) is 0. The van der Waals surface area contributed by atoms with Crippen LogP contribution in [0.25, 0.3) is 11.3 Å². The molecule has 0 fully saturated rings. The first kappa shape index (κ1) is 21.3. The zero-order chi connectivity index (χ0) is 20.2. The minimum absolute atomic E-state index is 0.111. The van der Waals surface area contributed by atoms with Gasteiger partial charge in [0.25, 0.3) is 0 Å². The standard InChI is InChI=1S/C20H29FN2O3Si/c1-7-25-19(24)18-14-17(15-8-10-16(21)11-9-15)22-23(18)12-13-26-27(5,6)20(2,3)4/h8-11,14H,7,12-13H2,1-6H3. The number of carbonyl (C=O) groups excluding carboxylic acids is 1. The van der Waals surface area contributed by atoms with Crippen molar-refractivity contribution in [3.05, 3.63) is 41.8 Å². The van der Waals surface area contributed by atoms with Crippen LogP contribution in [0.4, 0.5) is 4.39 Å². The molecule has 0 atom stereocenters. The van der Waals surface area contributed by atoms with Gasteiger partial charge >= 0.3 is 5.97 Å². The lowest BCUT2D eigenvalue weighted by molar-refractivity contribution is 0.0510. The SMILES string of the molecule is CCOC(=O)c1cc(-c2ccc(F)cc2)nn1CCO[Si](C)(C)C(C)(C)C. The van der Waals surface area contributed by atoms with Gasteiger partial charge < -0.3 is 9.16 Å². The summed E-state index contributed by atoms with van der Waals surface area (Å²) in [6, 6.07) is 7.71. The molecule has 0 unspecified atom stereocenters. The topological polar surface area (TPSA) is 53.3 Å². The third-order valence-electron chi connectivity index (χ3n) is 4.98. The van der Waals surface area contributed by atoms with E-state index in [4.69, 9.17) is 9.16 Å². The molecular weight excluding hydrogens is 363 g/mol. The van der Waals surface area contributed by atoms with Crippen LogP contribution in [-0.4, -0.2) is 37.3 Å². The molecule has 27 heavy (non-hydrogen) atoms. The predicted molar refractivity (Wildman–Crippen MR) is 107 cm³/mol. The number of aromatic nitrogens is 2. The van der Waals surface area contributed by atoms with Crippen molar-refractivity contribution in [2.45, 2.75) is 52.4 Å². The maximum atomic E-state index is 13.2. The minimum Gasteiger partial charge on any atom is -0.461 e. The summed E-state index contributed by atoms with van der Waals surface area (Å²) >= 11 is 0. The van der Waals surface area contributed by atoms with Gasteiger partial charge in [0.1, 0.15) is 11.5 Å². The van der Waals surface area contributed by atoms with Crippen LogP contribution in [0.3, 0.4) is 0 Å². The Bertz CT molecular complexity index is 780. The van der Waals surface area contributed by atoms with Crippen molar-refractivity contribution in [1.29, 1.82) is 0 Å². The Labute approximate surface area is 161 Å². The average molecular weight is 393 g/mol. The van der Waals surface area contributed by atoms with Crippen molar-refractivity contribution in [3.63, 3.8) is 0 Å². The monoisotopic (exact) mass is 392 g/mol. The van der Waals surface area contributed by atoms with Gasteiger partial charge in [-0.05, 0) is 55.4 Å². The molecule has 7 heteroatoms. The van der Waals surface area contributed by atoms with E-state index in [-0.39, 0.29) is 17.5 Å². The lowest BCUT2D eigenvalue weighted by Crippen LogP contribution is -2.41. The van der Waals surface area contributed by atoms with Gasteiger partial charge in [-0.1, -0.05) is 20.8 Å². The maximum absolute atomic E-state index is 13.2. The number of benzene rings is 1. The van der Waals surface area contributed by atoms with Crippen molar-refractivity contribution >= 4 is 14.3 Å². The Morgan fingerprint density at radius 2 is 1.85 bits per heavy atom. The number of rotatable bonds is 7. The largest absolute Gasteiger partial charge is 0.461 e. The fraction of sp³-hybridized carbons (Fsp3) is 0.500. The van der Waals surface area contributed by atoms with Crippen molar-refractivity contribution < 1.29 is 18.3 Å². The summed E-state index contributed by atoms with van der Waals surface area (Å²) in [6.45, 7) is 13.9. The average Bonchev–Trinajstić information content (AvgIpc) is 2.99. The summed E-state index contributed by atoms with van der Waals surface area (Å²) in [5.41, 5.74) is 1.71. The highest BCUT2D eigenvalue weighted by Gasteiger charge is 2.37. The van der Waals surface area contributed by atoms with Crippen LogP contribution in [0, 0.1) is 5.82 Å². The summed E-state index contributed by atoms with van der Waals surface area (Å²) in [7, 11) is -1.88. The highest BCUT2D eigenvalue weighted by molar-refractivity contribution is 6.74. The molecule has 0 amide bonds. The number of nitrogens with zero attached hydrogens (tertiary/aromatic N) is 2. The third-order valence-corrected chi connectivity index (χ3v) is 9.51. The molecular formula is C20H29FN2O3Si. The van der Waals surface area contributed by atoms with Crippen molar-refractivity contribution in [1.82, 2.24) is 9.78 Å². The second-order valence-corrected chi connectivity index (χ2v) is 12.8. The molecule has 0 aliphatic rings. The highest BCUT2D eigenvalue weighted by Crippen LogP contribution is 2.36. The highest BCUT2D eigenvalue weighted by atomic mass is 28.4. The van der Waals surface area contributed by atoms with Gasteiger partial charge in [0.05, 0.1) is 25.5 Å². The van der Waals surface area contributed by atoms with E-state index in [0.29, 0.717) is 24.5 Å². The van der Waals surface area contributed by atoms with Gasteiger partial charge in [-0.25, -0.2) is 9.18 Å². The summed E-state index contributed by atoms with van der Waals surface area (Å²) in [5, 5.41) is 4.64. The molecule has 0 spiro atoms. The van der Waals surface area contributed by atoms with Crippen LogP contribution in [0.1, 0.15) is 38.2 Å². The lowest BCUT2D eigenvalue weighted by Gasteiger charge is -2.36. The molecule has 0 saturated carbocycles. The van der Waals surface area contributed by atoms with Gasteiger partial charge in [0, 0.05) is 5.56 Å². The molecule has 148 valence electrons. The van der Waals surface area contributed by atoms with Crippen LogP contribution >= 0.6 is 0 Å². The smallest absolute Gasteiger partial charge is 0.356 e. The Balaban J connectivity index is 2.23. The van der Waals surface area contributed by atoms with Crippen LogP contribution in [0.5, 0.6) is 0 Å². The molecule has 1 aromatic carbocycles. The number of carbonyl (C=O) groups is 1. The number of esters is 1. The Hall–Kier alpha value is -1.99. The van der Waals surface area contributed by atoms with Crippen LogP contribution < -0.4 is 0 Å². The van der Waals surface area contributed by atoms with E-state index in [0.717, 1.165) is 5.56 Å². The van der Waals surface area contributed by atoms with Crippen LogP contribution in [0.2, 0.25) is 18.1 Å². The van der Waals surface area contributed by atoms with Gasteiger partial charge in [-0.3, -0.25) is 4.68 Å². The van der Waals surface area contributed by atoms with Crippen LogP contribution in [-0.2, 0) is 15.7 Å². The molecule has 2 aromatic rings. The molecule has 0 aliphatic carbocycles. The normalized spacial score (nSPS) is 12.3. The van der Waals surface area contributed by atoms with Gasteiger partial charge in [-0.15, -0.1) is 0 Å². The third kappa shape index (κ3) is 5.26. The zero-order valence-corrected chi connectivity index (χ0v) is 18.0. The van der Waals surface area contributed by atoms with E-state index < -0.39 is 14.3 Å². The maximum Gasteiger partial charge on any atom is 0.356 e. The van der Waals surface area contributed by atoms with E-state index in [9.17, 15) is 9.18 Å². The lowest BCUT2D eigenvalue weighted by atomic mass is 10.1. The summed E-state index contributed by atoms with van der Waals surface area (Å²) in [4.78, 5) is 12.3. The molecule has 1 aromatic heterocycles. The van der Waals surface area contributed by atoms with Crippen molar-refractivity contribution in [3.8, 4) is 11.3 Å². The first-order valence-electron chi connectivity index (χ1n) is 9.20. The quantitative estimate of drug-likeness (QED) is 0.497. The van der Waals surface area contributed by atoms with E-state index in [2.05, 4.69) is 39.0 Å². The minimum atomic E-state index is -1.88.